The molecule has 0 saturated heterocycles. The van der Waals surface area contributed by atoms with Crippen LogP contribution in [0.15, 0.2) is 0 Å². The molecule has 7 heavy (non-hydrogen) atoms. The molecule has 1 nitrogen and oxygen atoms in total. The lowest BCUT2D eigenvalue weighted by atomic mass is 11.0. The van der Waals surface area contributed by atoms with Gasteiger partial charge in [0.05, 0.1) is 0 Å². The van der Waals surface area contributed by atoms with Crippen molar-refractivity contribution in [2.45, 2.75) is 26.1 Å². The zero-order valence-electron chi connectivity index (χ0n) is 5.15. The predicted octanol–water partition coefficient (Wildman–Crippen LogP) is 1.78. The summed E-state index contributed by atoms with van der Waals surface area (Å²) in [5.41, 5.74) is 2.33. The van der Waals surface area contributed by atoms with Gasteiger partial charge >= 0.3 is 0 Å². The quantitative estimate of drug-likeness (QED) is 0.475. The molecule has 0 N–H and O–H groups in total. The van der Waals surface area contributed by atoms with Gasteiger partial charge in [0.2, 0.25) is 0 Å². The highest BCUT2D eigenvalue weighted by atomic mass is 28.3. The molecule has 0 bridgehead atoms. The van der Waals surface area contributed by atoms with Crippen molar-refractivity contribution in [2.75, 3.05) is 0 Å². The van der Waals surface area contributed by atoms with E-state index in [9.17, 15) is 0 Å². The average Bonchev–Trinajstić information content (AvgIpc) is 1.68. The molecule has 0 unspecified atom stereocenters. The maximum Gasteiger partial charge on any atom is 0.167 e. The van der Waals surface area contributed by atoms with Gasteiger partial charge in [0.25, 0.3) is 0 Å². The first-order valence-corrected chi connectivity index (χ1v) is 5.74. The Morgan fingerprint density at radius 3 is 2.00 bits per heavy atom. The van der Waals surface area contributed by atoms with Crippen molar-refractivity contribution in [2.24, 2.45) is 0 Å². The van der Waals surface area contributed by atoms with Crippen molar-refractivity contribution in [1.82, 2.24) is 0 Å². The van der Waals surface area contributed by atoms with Crippen LogP contribution in [0.2, 0.25) is 19.1 Å². The molecule has 0 spiro atoms. The highest BCUT2D eigenvalue weighted by molar-refractivity contribution is 6.84. The number of hydrogen-bond acceptors (Lipinski definition) is 1. The van der Waals surface area contributed by atoms with E-state index in [1.807, 2.05) is 0 Å². The summed E-state index contributed by atoms with van der Waals surface area (Å²) < 4.78 is 0. The summed E-state index contributed by atoms with van der Waals surface area (Å²) in [4.78, 5) is 0. The zero-order valence-corrected chi connectivity index (χ0v) is 6.15. The van der Waals surface area contributed by atoms with Gasteiger partial charge in [0.15, 0.2) is 8.07 Å². The van der Waals surface area contributed by atoms with Crippen molar-refractivity contribution in [1.29, 1.82) is 5.26 Å². The second kappa shape index (κ2) is 2.13. The smallest absolute Gasteiger partial charge is 0.167 e. The van der Waals surface area contributed by atoms with Crippen LogP contribution in [0.1, 0.15) is 6.92 Å². The fourth-order valence-electron chi connectivity index (χ4n) is 0.0791. The summed E-state index contributed by atoms with van der Waals surface area (Å²) in [6, 6.07) is 1.07. The second-order valence-electron chi connectivity index (χ2n) is 2.35. The molecule has 0 aromatic rings. The minimum Gasteiger partial charge on any atom is -0.207 e. The average molecular weight is 113 g/mol. The summed E-state index contributed by atoms with van der Waals surface area (Å²) in [5.74, 6) is 0. The van der Waals surface area contributed by atoms with Crippen LogP contribution in [0, 0.1) is 11.0 Å². The van der Waals surface area contributed by atoms with Crippen molar-refractivity contribution in [3.63, 3.8) is 0 Å². The lowest BCUT2D eigenvalue weighted by Gasteiger charge is -2.04. The Bertz CT molecular complexity index is 90.7. The van der Waals surface area contributed by atoms with E-state index in [4.69, 9.17) is 5.26 Å². The molecule has 0 heterocycles. The van der Waals surface area contributed by atoms with Gasteiger partial charge in [-0.1, -0.05) is 20.0 Å². The predicted molar refractivity (Wildman–Crippen MR) is 33.6 cm³/mol. The Balaban J connectivity index is 3.66. The molecule has 0 saturated carbocycles. The van der Waals surface area contributed by atoms with Crippen LogP contribution in [-0.2, 0) is 0 Å². The molecule has 0 radical (unpaired) electrons. The highest BCUT2D eigenvalue weighted by Crippen LogP contribution is 2.04. The van der Waals surface area contributed by atoms with E-state index in [1.54, 1.807) is 0 Å². The first-order valence-electron chi connectivity index (χ1n) is 2.53. The van der Waals surface area contributed by atoms with E-state index in [-0.39, 0.29) is 0 Å². The van der Waals surface area contributed by atoms with Crippen LogP contribution in [0.25, 0.3) is 0 Å². The van der Waals surface area contributed by atoms with E-state index in [1.165, 1.54) is 0 Å². The van der Waals surface area contributed by atoms with Gasteiger partial charge in [0, 0.05) is 5.69 Å². The largest absolute Gasteiger partial charge is 0.207 e. The third kappa shape index (κ3) is 2.41. The Hall–Kier alpha value is -0.293. The molecule has 0 aliphatic heterocycles. The summed E-state index contributed by atoms with van der Waals surface area (Å²) in [6.45, 7) is 6.23. The normalized spacial score (nSPS) is 10.6. The van der Waals surface area contributed by atoms with Gasteiger partial charge < -0.3 is 0 Å². The molecule has 40 valence electrons. The molecule has 0 aromatic heterocycles. The maximum atomic E-state index is 8.41. The first kappa shape index (κ1) is 6.71. The van der Waals surface area contributed by atoms with Crippen LogP contribution in [0.3, 0.4) is 0 Å². The van der Waals surface area contributed by atoms with Gasteiger partial charge in [-0.3, -0.25) is 0 Å². The van der Waals surface area contributed by atoms with Crippen LogP contribution in [-0.4, -0.2) is 8.07 Å². The van der Waals surface area contributed by atoms with E-state index >= 15 is 0 Å². The molecule has 2 heteroatoms. The minimum atomic E-state index is -1.35. The fourth-order valence-corrected chi connectivity index (χ4v) is 0.237. The molecular formula is C5H11NSi. The monoisotopic (exact) mass is 113 g/mol. The van der Waals surface area contributed by atoms with Crippen LogP contribution >= 0.6 is 0 Å². The summed E-state index contributed by atoms with van der Waals surface area (Å²) >= 11 is 0. The van der Waals surface area contributed by atoms with Crippen LogP contribution in [0.4, 0.5) is 0 Å². The third-order valence-electron chi connectivity index (χ3n) is 1.19. The van der Waals surface area contributed by atoms with E-state index in [2.05, 4.69) is 25.7 Å². The Morgan fingerprint density at radius 1 is 1.57 bits per heavy atom. The van der Waals surface area contributed by atoms with Crippen molar-refractivity contribution < 1.29 is 0 Å². The number of hydrogen-bond donors (Lipinski definition) is 0. The molecule has 0 rings (SSSR count). The maximum absolute atomic E-state index is 8.41. The molecule has 0 aliphatic carbocycles. The topological polar surface area (TPSA) is 23.8 Å². The lowest BCUT2D eigenvalue weighted by molar-refractivity contribution is 1.37. The lowest BCUT2D eigenvalue weighted by Crippen LogP contribution is -2.20. The van der Waals surface area contributed by atoms with Gasteiger partial charge in [-0.25, -0.2) is 5.26 Å². The van der Waals surface area contributed by atoms with Crippen LogP contribution in [0.5, 0.6) is 0 Å². The van der Waals surface area contributed by atoms with Gasteiger partial charge in [0.1, 0.15) is 0 Å². The summed E-state index contributed by atoms with van der Waals surface area (Å²) in [5, 5.41) is 8.41. The molecule has 0 fully saturated rings. The molecule has 0 aliphatic rings. The molecular weight excluding hydrogens is 102 g/mol. The van der Waals surface area contributed by atoms with Crippen LogP contribution < -0.4 is 0 Å². The number of rotatable bonds is 1. The Morgan fingerprint density at radius 2 is 2.00 bits per heavy atom. The molecule has 0 aromatic carbocycles. The Kier molecular flexibility index (Phi) is 2.04. The molecule has 0 amide bonds. The zero-order chi connectivity index (χ0) is 5.91. The number of nitrogens with zero attached hydrogens (tertiary/aromatic N) is 1. The standard InChI is InChI=1S/C5H11NSi/c1-4-7(2,3)5-6/h4H2,1-3H3. The third-order valence-corrected chi connectivity index (χ3v) is 3.56. The van der Waals surface area contributed by atoms with Gasteiger partial charge in [-0.15, -0.1) is 0 Å². The van der Waals surface area contributed by atoms with E-state index in [0.717, 1.165) is 6.04 Å². The van der Waals surface area contributed by atoms with Crippen molar-refractivity contribution in [3.05, 3.63) is 0 Å². The first-order chi connectivity index (χ1) is 3.12. The summed E-state index contributed by atoms with van der Waals surface area (Å²) in [6.07, 6.45) is 0. The SMILES string of the molecule is CC[Si](C)(C)C#N. The summed E-state index contributed by atoms with van der Waals surface area (Å²) in [7, 11) is -1.35. The van der Waals surface area contributed by atoms with Gasteiger partial charge in [-0.05, 0) is 6.04 Å². The minimum absolute atomic E-state index is 1.07. The van der Waals surface area contributed by atoms with E-state index in [0.29, 0.717) is 0 Å². The highest BCUT2D eigenvalue weighted by Gasteiger charge is 2.15. The Labute approximate surface area is 46.0 Å². The fraction of sp³-hybridized carbons (Fsp3) is 0.800. The second-order valence-corrected chi connectivity index (χ2v) is 7.05. The van der Waals surface area contributed by atoms with Crippen molar-refractivity contribution in [3.8, 4) is 5.69 Å². The number of nitriles is 1. The van der Waals surface area contributed by atoms with Gasteiger partial charge in [-0.2, -0.15) is 0 Å². The molecule has 0 atom stereocenters. The van der Waals surface area contributed by atoms with E-state index < -0.39 is 8.07 Å². The van der Waals surface area contributed by atoms with Crippen molar-refractivity contribution >= 4 is 8.07 Å².